The molecule has 0 aromatic rings. The van der Waals surface area contributed by atoms with Gasteiger partial charge in [0.15, 0.2) is 0 Å². The van der Waals surface area contributed by atoms with Gasteiger partial charge in [0.1, 0.15) is 0 Å². The van der Waals surface area contributed by atoms with Crippen LogP contribution in [-0.4, -0.2) is 61.1 Å². The van der Waals surface area contributed by atoms with Crippen LogP contribution in [0.4, 0.5) is 0 Å². The van der Waals surface area contributed by atoms with Gasteiger partial charge in [-0.2, -0.15) is 0 Å². The molecule has 0 saturated heterocycles. The van der Waals surface area contributed by atoms with Crippen molar-refractivity contribution in [2.45, 2.75) is 66.6 Å². The number of rotatable bonds is 4. The molecule has 0 bridgehead atoms. The van der Waals surface area contributed by atoms with Crippen LogP contribution in [0.3, 0.4) is 0 Å². The summed E-state index contributed by atoms with van der Waals surface area (Å²) in [5.74, 6) is 1.12. The van der Waals surface area contributed by atoms with Crippen LogP contribution in [0, 0.1) is 11.8 Å². The minimum Gasteiger partial charge on any atom is -0.852 e. The Morgan fingerprint density at radius 2 is 0.867 bits per heavy atom. The summed E-state index contributed by atoms with van der Waals surface area (Å²) < 4.78 is 0. The molecule has 15 heavy (non-hydrogen) atoms. The third-order valence-electron chi connectivity index (χ3n) is 1.61. The molecule has 0 amide bonds. The first-order chi connectivity index (χ1) is 6.25. The van der Waals surface area contributed by atoms with E-state index in [-0.39, 0.29) is 61.1 Å². The predicted octanol–water partition coefficient (Wildman–Crippen LogP) is 1.18. The van der Waals surface area contributed by atoms with Crippen LogP contribution in [0.15, 0.2) is 0 Å². The molecule has 0 aliphatic rings. The average Bonchev–Trinajstić information content (AvgIpc) is 1.79. The minimum absolute atomic E-state index is 0. The molecule has 2 nitrogen and oxygen atoms in total. The third-order valence-corrected chi connectivity index (χ3v) is 1.61. The van der Waals surface area contributed by atoms with Crippen molar-refractivity contribution in [1.29, 1.82) is 0 Å². The van der Waals surface area contributed by atoms with Crippen LogP contribution < -0.4 is 10.2 Å². The molecule has 0 fully saturated rings. The summed E-state index contributed by atoms with van der Waals surface area (Å²) in [5, 5.41) is 20.7. The van der Waals surface area contributed by atoms with E-state index in [9.17, 15) is 10.2 Å². The first-order valence-corrected chi connectivity index (χ1v) is 5.57. The van der Waals surface area contributed by atoms with Gasteiger partial charge in [0.05, 0.1) is 0 Å². The average molecular weight is 340 g/mol. The van der Waals surface area contributed by atoms with Crippen molar-refractivity contribution in [1.82, 2.24) is 0 Å². The van der Waals surface area contributed by atoms with Crippen molar-refractivity contribution in [3.8, 4) is 0 Å². The van der Waals surface area contributed by atoms with Gasteiger partial charge in [0.2, 0.25) is 0 Å². The van der Waals surface area contributed by atoms with Gasteiger partial charge < -0.3 is 10.2 Å². The van der Waals surface area contributed by atoms with Crippen molar-refractivity contribution in [3.05, 3.63) is 0 Å². The molecule has 3 heteroatoms. The fourth-order valence-electron chi connectivity index (χ4n) is 1.33. The van der Waals surface area contributed by atoms with E-state index in [1.807, 2.05) is 0 Å². The van der Waals surface area contributed by atoms with Gasteiger partial charge in [-0.25, -0.2) is 0 Å². The molecule has 2 atom stereocenters. The maximum absolute atomic E-state index is 10.3. The normalized spacial score (nSPS) is 14.0. The van der Waals surface area contributed by atoms with Crippen molar-refractivity contribution in [2.24, 2.45) is 11.8 Å². The standard InChI is InChI=1S/2C6H13O.Ba/c2*1-5(2)4-6(3)7;/h2*5-6H,4H2,1-3H3;/q2*-1;+2. The number of hydrogen-bond acceptors (Lipinski definition) is 2. The largest absolute Gasteiger partial charge is 2.00 e. The Labute approximate surface area is 136 Å². The minimum atomic E-state index is -0.375. The van der Waals surface area contributed by atoms with Gasteiger partial charge in [0.25, 0.3) is 0 Å². The second-order valence-electron chi connectivity index (χ2n) is 4.88. The molecular formula is C12H26BaO2. The topological polar surface area (TPSA) is 46.1 Å². The maximum Gasteiger partial charge on any atom is 2.00 e. The van der Waals surface area contributed by atoms with Crippen molar-refractivity contribution in [3.63, 3.8) is 0 Å². The Morgan fingerprint density at radius 3 is 0.867 bits per heavy atom. The molecule has 0 heterocycles. The summed E-state index contributed by atoms with van der Waals surface area (Å²) in [7, 11) is 0. The van der Waals surface area contributed by atoms with Gasteiger partial charge in [-0.1, -0.05) is 54.4 Å². The Balaban J connectivity index is -0.000000180. The third kappa shape index (κ3) is 31.3. The Bertz CT molecular complexity index is 86.2. The van der Waals surface area contributed by atoms with E-state index in [0.717, 1.165) is 12.8 Å². The van der Waals surface area contributed by atoms with Crippen molar-refractivity contribution >= 4 is 48.9 Å². The second-order valence-corrected chi connectivity index (χ2v) is 4.88. The monoisotopic (exact) mass is 340 g/mol. The van der Waals surface area contributed by atoms with Gasteiger partial charge in [-0.3, -0.25) is 0 Å². The molecular weight excluding hydrogens is 313 g/mol. The zero-order valence-corrected chi connectivity index (χ0v) is 15.7. The molecule has 0 saturated carbocycles. The molecule has 0 aliphatic carbocycles. The summed E-state index contributed by atoms with van der Waals surface area (Å²) in [6.07, 6.45) is 0.861. The molecule has 0 aromatic carbocycles. The zero-order valence-electron chi connectivity index (χ0n) is 11.2. The van der Waals surface area contributed by atoms with Crippen LogP contribution in [0.1, 0.15) is 54.4 Å². The summed E-state index contributed by atoms with van der Waals surface area (Å²) in [5.41, 5.74) is 0. The molecule has 88 valence electrons. The van der Waals surface area contributed by atoms with E-state index in [0.29, 0.717) is 11.8 Å². The smallest absolute Gasteiger partial charge is 0.852 e. The van der Waals surface area contributed by atoms with E-state index >= 15 is 0 Å². The van der Waals surface area contributed by atoms with Crippen LogP contribution in [-0.2, 0) is 0 Å². The summed E-state index contributed by atoms with van der Waals surface area (Å²) >= 11 is 0. The van der Waals surface area contributed by atoms with Crippen LogP contribution in [0.25, 0.3) is 0 Å². The molecule has 0 N–H and O–H groups in total. The molecule has 0 aromatic heterocycles. The van der Waals surface area contributed by atoms with Crippen LogP contribution >= 0.6 is 0 Å². The molecule has 0 radical (unpaired) electrons. The molecule has 0 aliphatic heterocycles. The fraction of sp³-hybridized carbons (Fsp3) is 1.00. The SMILES string of the molecule is CC(C)CC(C)[O-].CC(C)CC(C)[O-].[Ba+2]. The number of hydrogen-bond donors (Lipinski definition) is 0. The van der Waals surface area contributed by atoms with Crippen molar-refractivity contribution < 1.29 is 10.2 Å². The van der Waals surface area contributed by atoms with Crippen molar-refractivity contribution in [2.75, 3.05) is 0 Å². The van der Waals surface area contributed by atoms with Crippen LogP contribution in [0.5, 0.6) is 0 Å². The van der Waals surface area contributed by atoms with E-state index in [4.69, 9.17) is 0 Å². The van der Waals surface area contributed by atoms with Gasteiger partial charge >= 0.3 is 48.9 Å². The molecule has 0 rings (SSSR count). The molecule has 2 unspecified atom stereocenters. The van der Waals surface area contributed by atoms with E-state index in [1.165, 1.54) is 0 Å². The summed E-state index contributed by atoms with van der Waals surface area (Å²) in [4.78, 5) is 0. The molecule has 0 spiro atoms. The second kappa shape index (κ2) is 13.6. The predicted molar refractivity (Wildman–Crippen MR) is 63.6 cm³/mol. The van der Waals surface area contributed by atoms with E-state index in [2.05, 4.69) is 27.7 Å². The van der Waals surface area contributed by atoms with Crippen LogP contribution in [0.2, 0.25) is 0 Å². The van der Waals surface area contributed by atoms with E-state index in [1.54, 1.807) is 13.8 Å². The fourth-order valence-corrected chi connectivity index (χ4v) is 1.33. The first kappa shape index (κ1) is 21.7. The maximum atomic E-state index is 10.3. The van der Waals surface area contributed by atoms with E-state index < -0.39 is 0 Å². The Morgan fingerprint density at radius 1 is 0.667 bits per heavy atom. The summed E-state index contributed by atoms with van der Waals surface area (Å²) in [6, 6.07) is 0. The van der Waals surface area contributed by atoms with Gasteiger partial charge in [-0.05, 0) is 11.8 Å². The quantitative estimate of drug-likeness (QED) is 0.722. The van der Waals surface area contributed by atoms with Gasteiger partial charge in [0, 0.05) is 0 Å². The Hall–Kier alpha value is 1.49. The first-order valence-electron chi connectivity index (χ1n) is 5.57. The zero-order chi connectivity index (χ0) is 11.7. The summed E-state index contributed by atoms with van der Waals surface area (Å²) in [6.45, 7) is 11.7. The van der Waals surface area contributed by atoms with Gasteiger partial charge in [-0.15, -0.1) is 12.2 Å². The Kier molecular flexibility index (Phi) is 19.7.